The fourth-order valence-corrected chi connectivity index (χ4v) is 2.19. The van der Waals surface area contributed by atoms with E-state index in [-0.39, 0.29) is 12.1 Å². The second kappa shape index (κ2) is 4.34. The van der Waals surface area contributed by atoms with Gasteiger partial charge in [0.2, 0.25) is 0 Å². The fraction of sp³-hybridized carbons (Fsp3) is 0.538. The minimum Gasteiger partial charge on any atom is -0.497 e. The van der Waals surface area contributed by atoms with Crippen LogP contribution in [0.4, 0.5) is 0 Å². The summed E-state index contributed by atoms with van der Waals surface area (Å²) in [6.45, 7) is 4.09. The molecule has 1 aliphatic rings. The van der Waals surface area contributed by atoms with E-state index in [1.807, 2.05) is 13.0 Å². The van der Waals surface area contributed by atoms with Crippen LogP contribution in [0.3, 0.4) is 0 Å². The Hall–Kier alpha value is -1.22. The number of nitrogens with two attached hydrogens (primary N) is 1. The molecule has 2 unspecified atom stereocenters. The van der Waals surface area contributed by atoms with Crippen LogP contribution in [0.1, 0.15) is 25.0 Å². The van der Waals surface area contributed by atoms with Gasteiger partial charge in [-0.05, 0) is 38.0 Å². The Morgan fingerprint density at radius 2 is 2.31 bits per heavy atom. The quantitative estimate of drug-likeness (QED) is 0.848. The molecule has 1 aromatic carbocycles. The molecular formula is C13H19NO2. The van der Waals surface area contributed by atoms with Crippen molar-refractivity contribution in [1.29, 1.82) is 0 Å². The van der Waals surface area contributed by atoms with Crippen LogP contribution in [0.15, 0.2) is 12.1 Å². The standard InChI is InChI=1S/C13H19NO2/c1-8(14)4-10-6-12(15-3)7-11-5-9(2)16-13(10)11/h6-9H,4-5,14H2,1-3H3. The normalized spacial score (nSPS) is 20.1. The lowest BCUT2D eigenvalue weighted by Gasteiger charge is -2.13. The largest absolute Gasteiger partial charge is 0.497 e. The monoisotopic (exact) mass is 221 g/mol. The molecule has 0 saturated heterocycles. The Labute approximate surface area is 96.5 Å². The maximum Gasteiger partial charge on any atom is 0.126 e. The van der Waals surface area contributed by atoms with E-state index in [0.29, 0.717) is 0 Å². The number of fused-ring (bicyclic) bond motifs is 1. The molecule has 2 rings (SSSR count). The van der Waals surface area contributed by atoms with E-state index >= 15 is 0 Å². The summed E-state index contributed by atoms with van der Waals surface area (Å²) in [5, 5.41) is 0. The summed E-state index contributed by atoms with van der Waals surface area (Å²) in [5.74, 6) is 1.91. The minimum atomic E-state index is 0.135. The first-order chi connectivity index (χ1) is 7.60. The molecule has 0 saturated carbocycles. The topological polar surface area (TPSA) is 44.5 Å². The van der Waals surface area contributed by atoms with Crippen LogP contribution in [-0.4, -0.2) is 19.3 Å². The zero-order valence-electron chi connectivity index (χ0n) is 10.1. The van der Waals surface area contributed by atoms with Gasteiger partial charge in [-0.3, -0.25) is 0 Å². The number of hydrogen-bond donors (Lipinski definition) is 1. The molecule has 88 valence electrons. The summed E-state index contributed by atoms with van der Waals surface area (Å²) < 4.78 is 11.1. The molecule has 2 atom stereocenters. The summed E-state index contributed by atoms with van der Waals surface area (Å²) in [4.78, 5) is 0. The van der Waals surface area contributed by atoms with Crippen LogP contribution >= 0.6 is 0 Å². The minimum absolute atomic E-state index is 0.135. The van der Waals surface area contributed by atoms with Crippen LogP contribution in [0.5, 0.6) is 11.5 Å². The maximum absolute atomic E-state index is 5.85. The van der Waals surface area contributed by atoms with Crippen LogP contribution < -0.4 is 15.2 Å². The molecule has 0 aliphatic carbocycles. The first-order valence-electron chi connectivity index (χ1n) is 5.72. The van der Waals surface area contributed by atoms with Gasteiger partial charge >= 0.3 is 0 Å². The molecule has 2 N–H and O–H groups in total. The highest BCUT2D eigenvalue weighted by atomic mass is 16.5. The zero-order valence-corrected chi connectivity index (χ0v) is 10.1. The summed E-state index contributed by atoms with van der Waals surface area (Å²) in [6.07, 6.45) is 2.04. The molecule has 1 aliphatic heterocycles. The SMILES string of the molecule is COc1cc(CC(C)N)c2c(c1)CC(C)O2. The number of methoxy groups -OCH3 is 1. The molecule has 0 bridgehead atoms. The molecule has 0 radical (unpaired) electrons. The Morgan fingerprint density at radius 3 is 2.94 bits per heavy atom. The molecule has 0 amide bonds. The average molecular weight is 221 g/mol. The van der Waals surface area contributed by atoms with Crippen LogP contribution in [0.25, 0.3) is 0 Å². The highest BCUT2D eigenvalue weighted by Gasteiger charge is 2.23. The van der Waals surface area contributed by atoms with Crippen molar-refractivity contribution in [1.82, 2.24) is 0 Å². The zero-order chi connectivity index (χ0) is 11.7. The third kappa shape index (κ3) is 2.14. The van der Waals surface area contributed by atoms with Crippen molar-refractivity contribution in [2.75, 3.05) is 7.11 Å². The molecule has 1 heterocycles. The van der Waals surface area contributed by atoms with E-state index in [0.717, 1.165) is 29.9 Å². The van der Waals surface area contributed by atoms with Crippen molar-refractivity contribution >= 4 is 0 Å². The van der Waals surface area contributed by atoms with E-state index in [1.165, 1.54) is 5.56 Å². The Bertz CT molecular complexity index is 388. The summed E-state index contributed by atoms with van der Waals surface area (Å²) in [5.41, 5.74) is 8.25. The molecule has 0 spiro atoms. The van der Waals surface area contributed by atoms with Crippen molar-refractivity contribution in [3.05, 3.63) is 23.3 Å². The third-order valence-electron chi connectivity index (χ3n) is 2.82. The van der Waals surface area contributed by atoms with E-state index in [4.69, 9.17) is 15.2 Å². The van der Waals surface area contributed by atoms with Gasteiger partial charge < -0.3 is 15.2 Å². The highest BCUT2D eigenvalue weighted by molar-refractivity contribution is 5.50. The highest BCUT2D eigenvalue weighted by Crippen LogP contribution is 2.36. The number of rotatable bonds is 3. The summed E-state index contributed by atoms with van der Waals surface area (Å²) >= 11 is 0. The maximum atomic E-state index is 5.85. The Kier molecular flexibility index (Phi) is 3.06. The molecule has 0 aromatic heterocycles. The van der Waals surface area contributed by atoms with Gasteiger partial charge in [0, 0.05) is 18.0 Å². The van der Waals surface area contributed by atoms with Crippen LogP contribution in [0, 0.1) is 0 Å². The second-order valence-corrected chi connectivity index (χ2v) is 4.59. The van der Waals surface area contributed by atoms with Crippen molar-refractivity contribution in [2.24, 2.45) is 5.73 Å². The van der Waals surface area contributed by atoms with Gasteiger partial charge in [0.15, 0.2) is 0 Å². The Morgan fingerprint density at radius 1 is 1.56 bits per heavy atom. The van der Waals surface area contributed by atoms with Crippen LogP contribution in [-0.2, 0) is 12.8 Å². The van der Waals surface area contributed by atoms with Gasteiger partial charge in [0.05, 0.1) is 7.11 Å². The predicted molar refractivity (Wildman–Crippen MR) is 64.1 cm³/mol. The molecule has 0 fully saturated rings. The van der Waals surface area contributed by atoms with Crippen molar-refractivity contribution in [2.45, 2.75) is 38.8 Å². The van der Waals surface area contributed by atoms with E-state index in [1.54, 1.807) is 7.11 Å². The molecule has 1 aromatic rings. The van der Waals surface area contributed by atoms with Crippen molar-refractivity contribution < 1.29 is 9.47 Å². The molecular weight excluding hydrogens is 202 g/mol. The lowest BCUT2D eigenvalue weighted by molar-refractivity contribution is 0.252. The smallest absolute Gasteiger partial charge is 0.126 e. The van der Waals surface area contributed by atoms with Gasteiger partial charge in [-0.1, -0.05) is 0 Å². The van der Waals surface area contributed by atoms with Gasteiger partial charge in [-0.2, -0.15) is 0 Å². The van der Waals surface area contributed by atoms with Gasteiger partial charge in [-0.25, -0.2) is 0 Å². The molecule has 3 nitrogen and oxygen atoms in total. The number of ether oxygens (including phenoxy) is 2. The van der Waals surface area contributed by atoms with Gasteiger partial charge in [-0.15, -0.1) is 0 Å². The van der Waals surface area contributed by atoms with E-state index in [2.05, 4.69) is 13.0 Å². The first-order valence-corrected chi connectivity index (χ1v) is 5.72. The summed E-state index contributed by atoms with van der Waals surface area (Å²) in [7, 11) is 1.69. The first kappa shape index (κ1) is 11.3. The Balaban J connectivity index is 2.39. The lowest BCUT2D eigenvalue weighted by atomic mass is 10.0. The van der Waals surface area contributed by atoms with Crippen molar-refractivity contribution in [3.63, 3.8) is 0 Å². The molecule has 3 heteroatoms. The molecule has 16 heavy (non-hydrogen) atoms. The number of hydrogen-bond acceptors (Lipinski definition) is 3. The third-order valence-corrected chi connectivity index (χ3v) is 2.82. The lowest BCUT2D eigenvalue weighted by Crippen LogP contribution is -2.18. The van der Waals surface area contributed by atoms with Crippen molar-refractivity contribution in [3.8, 4) is 11.5 Å². The predicted octanol–water partition coefficient (Wildman–Crippen LogP) is 1.91. The fourth-order valence-electron chi connectivity index (χ4n) is 2.19. The second-order valence-electron chi connectivity index (χ2n) is 4.59. The van der Waals surface area contributed by atoms with Crippen LogP contribution in [0.2, 0.25) is 0 Å². The average Bonchev–Trinajstić information content (AvgIpc) is 2.57. The van der Waals surface area contributed by atoms with Gasteiger partial charge in [0.25, 0.3) is 0 Å². The van der Waals surface area contributed by atoms with Gasteiger partial charge in [0.1, 0.15) is 17.6 Å². The summed E-state index contributed by atoms with van der Waals surface area (Å²) in [6, 6.07) is 4.22. The van der Waals surface area contributed by atoms with E-state index < -0.39 is 0 Å². The number of benzene rings is 1. The van der Waals surface area contributed by atoms with E-state index in [9.17, 15) is 0 Å².